The van der Waals surface area contributed by atoms with Crippen molar-refractivity contribution in [2.45, 2.75) is 19.4 Å². The smallest absolute Gasteiger partial charge is 0.159 e. The molecule has 1 saturated heterocycles. The zero-order valence-corrected chi connectivity index (χ0v) is 19.5. The SMILES string of the molecule is C=CC(=N/C(=C\C)c1ccc2[nH]nc(-c3nc4c(C5=CCC=C5)nccc4[nH]3)c2c1)N1CC(N)C1. The molecule has 0 spiro atoms. The van der Waals surface area contributed by atoms with Gasteiger partial charge >= 0.3 is 0 Å². The average Bonchev–Trinajstić information content (AvgIpc) is 3.61. The molecular formula is C27H26N8. The molecule has 1 aliphatic carbocycles. The molecule has 1 aromatic carbocycles. The highest BCUT2D eigenvalue weighted by atomic mass is 15.3. The number of amidine groups is 1. The van der Waals surface area contributed by atoms with Crippen molar-refractivity contribution in [3.63, 3.8) is 0 Å². The number of allylic oxidation sites excluding steroid dienone is 5. The number of aliphatic imine (C=N–C) groups is 1. The van der Waals surface area contributed by atoms with E-state index in [1.807, 2.05) is 37.4 Å². The number of nitrogens with zero attached hydrogens (tertiary/aromatic N) is 5. The summed E-state index contributed by atoms with van der Waals surface area (Å²) in [6.45, 7) is 7.52. The molecule has 0 radical (unpaired) electrons. The number of nitrogens with one attached hydrogen (secondary N) is 2. The number of nitrogens with two attached hydrogens (primary N) is 1. The van der Waals surface area contributed by atoms with Crippen molar-refractivity contribution in [1.82, 2.24) is 30.0 Å². The molecule has 0 saturated carbocycles. The first-order valence-corrected chi connectivity index (χ1v) is 11.7. The van der Waals surface area contributed by atoms with Gasteiger partial charge in [0.2, 0.25) is 0 Å². The molecule has 4 N–H and O–H groups in total. The molecule has 174 valence electrons. The minimum absolute atomic E-state index is 0.194. The van der Waals surface area contributed by atoms with E-state index in [1.165, 1.54) is 0 Å². The Kier molecular flexibility index (Phi) is 5.15. The third kappa shape index (κ3) is 3.68. The lowest BCUT2D eigenvalue weighted by Crippen LogP contribution is -2.57. The summed E-state index contributed by atoms with van der Waals surface area (Å²) < 4.78 is 0. The fourth-order valence-corrected chi connectivity index (χ4v) is 4.61. The monoisotopic (exact) mass is 462 g/mol. The second-order valence-electron chi connectivity index (χ2n) is 8.78. The van der Waals surface area contributed by atoms with Crippen molar-refractivity contribution in [3.8, 4) is 11.5 Å². The highest BCUT2D eigenvalue weighted by molar-refractivity contribution is 5.99. The third-order valence-corrected chi connectivity index (χ3v) is 6.45. The fourth-order valence-electron chi connectivity index (χ4n) is 4.61. The molecule has 2 aliphatic rings. The summed E-state index contributed by atoms with van der Waals surface area (Å²) in [4.78, 5) is 19.9. The summed E-state index contributed by atoms with van der Waals surface area (Å²) in [6.07, 6.45) is 12.9. The molecule has 0 unspecified atom stereocenters. The van der Waals surface area contributed by atoms with Gasteiger partial charge in [-0.2, -0.15) is 5.10 Å². The summed E-state index contributed by atoms with van der Waals surface area (Å²) in [5, 5.41) is 8.69. The number of benzene rings is 1. The number of likely N-dealkylation sites (tertiary alicyclic amines) is 1. The van der Waals surface area contributed by atoms with Crippen molar-refractivity contribution in [2.75, 3.05) is 13.1 Å². The second-order valence-corrected chi connectivity index (χ2v) is 8.78. The first-order valence-electron chi connectivity index (χ1n) is 11.7. The Morgan fingerprint density at radius 1 is 1.23 bits per heavy atom. The van der Waals surface area contributed by atoms with Crippen LogP contribution in [-0.2, 0) is 0 Å². The van der Waals surface area contributed by atoms with E-state index in [0.29, 0.717) is 5.82 Å². The molecule has 4 heterocycles. The Morgan fingerprint density at radius 3 is 2.86 bits per heavy atom. The quantitative estimate of drug-likeness (QED) is 0.300. The van der Waals surface area contributed by atoms with E-state index in [4.69, 9.17) is 15.7 Å². The van der Waals surface area contributed by atoms with Crippen molar-refractivity contribution >= 4 is 39.0 Å². The van der Waals surface area contributed by atoms with Crippen molar-refractivity contribution < 1.29 is 0 Å². The molecule has 8 nitrogen and oxygen atoms in total. The predicted molar refractivity (Wildman–Crippen MR) is 142 cm³/mol. The number of H-pyrrole nitrogens is 2. The van der Waals surface area contributed by atoms with Crippen LogP contribution in [0.25, 0.3) is 44.7 Å². The van der Waals surface area contributed by atoms with Crippen molar-refractivity contribution in [2.24, 2.45) is 10.7 Å². The number of aromatic nitrogens is 5. The van der Waals surface area contributed by atoms with E-state index >= 15 is 0 Å². The van der Waals surface area contributed by atoms with Gasteiger partial charge in [0.25, 0.3) is 0 Å². The van der Waals surface area contributed by atoms with E-state index in [-0.39, 0.29) is 6.04 Å². The second kappa shape index (κ2) is 8.48. The van der Waals surface area contributed by atoms with Crippen LogP contribution in [0, 0.1) is 0 Å². The largest absolute Gasteiger partial charge is 0.353 e. The zero-order chi connectivity index (χ0) is 23.9. The van der Waals surface area contributed by atoms with Gasteiger partial charge in [0, 0.05) is 36.3 Å². The van der Waals surface area contributed by atoms with Crippen LogP contribution < -0.4 is 5.73 Å². The number of hydrogen-bond acceptors (Lipinski definition) is 5. The van der Waals surface area contributed by atoms with Crippen LogP contribution in [0.3, 0.4) is 0 Å². The molecule has 6 rings (SSSR count). The molecule has 1 fully saturated rings. The topological polar surface area (TPSA) is 112 Å². The standard InChI is InChI=1S/C27H26N8/c1-3-20(30-23(4-2)35-14-18(28)15-35)17-9-10-21-19(13-17)25(34-33-21)27-31-22-11-12-29-24(26(22)32-27)16-7-5-6-8-16/h3-5,7-13,18H,2,6,14-15,28H2,1H3,(H,31,32)(H,33,34)/b20-3-,30-23?. The van der Waals surface area contributed by atoms with E-state index in [9.17, 15) is 0 Å². The molecule has 3 aromatic heterocycles. The van der Waals surface area contributed by atoms with Gasteiger partial charge in [-0.05, 0) is 43.2 Å². The summed E-state index contributed by atoms with van der Waals surface area (Å²) in [7, 11) is 0. The number of hydrogen-bond donors (Lipinski definition) is 3. The van der Waals surface area contributed by atoms with Crippen LogP contribution in [0.2, 0.25) is 0 Å². The molecule has 4 aromatic rings. The minimum atomic E-state index is 0.194. The van der Waals surface area contributed by atoms with E-state index in [0.717, 1.165) is 75.5 Å². The maximum absolute atomic E-state index is 5.96. The lowest BCUT2D eigenvalue weighted by atomic mass is 10.1. The van der Waals surface area contributed by atoms with Gasteiger partial charge in [0.05, 0.1) is 22.4 Å². The maximum atomic E-state index is 5.96. The van der Waals surface area contributed by atoms with Crippen LogP contribution in [0.5, 0.6) is 0 Å². The number of rotatable bonds is 5. The highest BCUT2D eigenvalue weighted by Gasteiger charge is 2.25. The summed E-state index contributed by atoms with van der Waals surface area (Å²) in [5.41, 5.74) is 13.3. The fraction of sp³-hybridized carbons (Fsp3) is 0.185. The Bertz CT molecular complexity index is 1570. The Balaban J connectivity index is 1.41. The first kappa shape index (κ1) is 21.2. The van der Waals surface area contributed by atoms with Gasteiger partial charge in [0.1, 0.15) is 17.0 Å². The molecule has 0 atom stereocenters. The van der Waals surface area contributed by atoms with Crippen LogP contribution in [-0.4, -0.2) is 55.0 Å². The van der Waals surface area contributed by atoms with Crippen molar-refractivity contribution in [3.05, 3.63) is 78.7 Å². The number of fused-ring (bicyclic) bond motifs is 2. The zero-order valence-electron chi connectivity index (χ0n) is 19.5. The van der Waals surface area contributed by atoms with E-state index in [2.05, 4.69) is 55.9 Å². The van der Waals surface area contributed by atoms with E-state index < -0.39 is 0 Å². The Labute approximate surface area is 202 Å². The summed E-state index contributed by atoms with van der Waals surface area (Å²) in [6, 6.07) is 8.31. The van der Waals surface area contributed by atoms with E-state index in [1.54, 1.807) is 6.08 Å². The van der Waals surface area contributed by atoms with Crippen LogP contribution in [0.15, 0.2) is 72.4 Å². The Hall–Kier alpha value is -4.30. The van der Waals surface area contributed by atoms with Gasteiger partial charge in [-0.3, -0.25) is 10.1 Å². The van der Waals surface area contributed by atoms with Gasteiger partial charge in [-0.15, -0.1) is 0 Å². The summed E-state index contributed by atoms with van der Waals surface area (Å²) in [5.74, 6) is 1.53. The van der Waals surface area contributed by atoms with Crippen molar-refractivity contribution in [1.29, 1.82) is 0 Å². The molecule has 0 bridgehead atoms. The third-order valence-electron chi connectivity index (χ3n) is 6.45. The molecule has 1 aliphatic heterocycles. The van der Waals surface area contributed by atoms with Gasteiger partial charge < -0.3 is 15.6 Å². The Morgan fingerprint density at radius 2 is 2.11 bits per heavy atom. The van der Waals surface area contributed by atoms with Gasteiger partial charge in [-0.25, -0.2) is 9.98 Å². The maximum Gasteiger partial charge on any atom is 0.159 e. The van der Waals surface area contributed by atoms with Gasteiger partial charge in [0.15, 0.2) is 5.82 Å². The minimum Gasteiger partial charge on any atom is -0.353 e. The molecule has 0 amide bonds. The van der Waals surface area contributed by atoms with Crippen LogP contribution in [0.1, 0.15) is 24.6 Å². The van der Waals surface area contributed by atoms with Crippen LogP contribution in [0.4, 0.5) is 0 Å². The highest BCUT2D eigenvalue weighted by Crippen LogP contribution is 2.32. The lowest BCUT2D eigenvalue weighted by Gasteiger charge is -2.38. The predicted octanol–water partition coefficient (Wildman–Crippen LogP) is 4.43. The molecular weight excluding hydrogens is 436 g/mol. The van der Waals surface area contributed by atoms with Crippen LogP contribution >= 0.6 is 0 Å². The lowest BCUT2D eigenvalue weighted by molar-refractivity contribution is 0.256. The number of imidazole rings is 1. The number of aromatic amines is 2. The average molecular weight is 463 g/mol. The summed E-state index contributed by atoms with van der Waals surface area (Å²) >= 11 is 0. The molecule has 35 heavy (non-hydrogen) atoms. The normalized spacial score (nSPS) is 16.9. The van der Waals surface area contributed by atoms with Gasteiger partial charge in [-0.1, -0.05) is 36.9 Å². The first-order chi connectivity index (χ1) is 17.1. The number of pyridine rings is 1. The molecule has 8 heteroatoms.